The van der Waals surface area contributed by atoms with Gasteiger partial charge in [0, 0.05) is 6.42 Å². The molecule has 0 unspecified atom stereocenters. The Morgan fingerprint density at radius 1 is 1.73 bits per heavy atom. The molecule has 1 aliphatic rings. The fourth-order valence-corrected chi connectivity index (χ4v) is 1.54. The van der Waals surface area contributed by atoms with Crippen LogP contribution in [0.1, 0.15) is 13.3 Å². The summed E-state index contributed by atoms with van der Waals surface area (Å²) in [7, 11) is 1.57. The second kappa shape index (κ2) is 4.11. The van der Waals surface area contributed by atoms with Crippen molar-refractivity contribution in [2.24, 2.45) is 0 Å². The number of rotatable bonds is 2. The lowest BCUT2D eigenvalue weighted by Crippen LogP contribution is -2.46. The second-order valence-electron chi connectivity index (χ2n) is 3.68. The standard InChI is InChI=1S/C9H13F2N3O/c1-6(13-2)8(15)14-5-9(10,11)3-7(14)4-12/h6-7,13H,3,5H2,1-2H3/t6-,7+/m1/s1. The highest BCUT2D eigenvalue weighted by Crippen LogP contribution is 2.31. The first kappa shape index (κ1) is 11.9. The van der Waals surface area contributed by atoms with Crippen LogP contribution in [0.5, 0.6) is 0 Å². The van der Waals surface area contributed by atoms with Gasteiger partial charge in [-0.1, -0.05) is 0 Å². The van der Waals surface area contributed by atoms with E-state index in [0.29, 0.717) is 0 Å². The Balaban J connectivity index is 2.78. The van der Waals surface area contributed by atoms with Crippen molar-refractivity contribution in [2.75, 3.05) is 13.6 Å². The molecule has 0 spiro atoms. The van der Waals surface area contributed by atoms with Gasteiger partial charge in [-0.05, 0) is 14.0 Å². The number of amides is 1. The average molecular weight is 217 g/mol. The van der Waals surface area contributed by atoms with Crippen LogP contribution in [0.4, 0.5) is 8.78 Å². The molecule has 1 N–H and O–H groups in total. The van der Waals surface area contributed by atoms with Gasteiger partial charge in [0.15, 0.2) is 0 Å². The minimum atomic E-state index is -2.94. The van der Waals surface area contributed by atoms with Gasteiger partial charge in [0.25, 0.3) is 5.92 Å². The molecule has 0 aromatic rings. The number of hydrogen-bond donors (Lipinski definition) is 1. The van der Waals surface area contributed by atoms with Gasteiger partial charge in [-0.2, -0.15) is 5.26 Å². The molecule has 0 aliphatic carbocycles. The molecule has 1 amide bonds. The smallest absolute Gasteiger partial charge is 0.268 e. The fourth-order valence-electron chi connectivity index (χ4n) is 1.54. The van der Waals surface area contributed by atoms with Crippen molar-refractivity contribution in [1.82, 2.24) is 10.2 Å². The Morgan fingerprint density at radius 2 is 2.33 bits per heavy atom. The maximum Gasteiger partial charge on any atom is 0.268 e. The summed E-state index contributed by atoms with van der Waals surface area (Å²) in [5, 5.41) is 11.3. The predicted octanol–water partition coefficient (Wildman–Crippen LogP) is 0.354. The predicted molar refractivity (Wildman–Crippen MR) is 49.2 cm³/mol. The highest BCUT2D eigenvalue weighted by Gasteiger charge is 2.47. The van der Waals surface area contributed by atoms with E-state index in [1.165, 1.54) is 0 Å². The van der Waals surface area contributed by atoms with Crippen LogP contribution in [0, 0.1) is 11.3 Å². The monoisotopic (exact) mass is 217 g/mol. The summed E-state index contributed by atoms with van der Waals surface area (Å²) in [6.07, 6.45) is -0.564. The molecule has 1 saturated heterocycles. The molecule has 1 rings (SSSR count). The van der Waals surface area contributed by atoms with E-state index in [2.05, 4.69) is 5.32 Å². The van der Waals surface area contributed by atoms with E-state index in [-0.39, 0.29) is 0 Å². The highest BCUT2D eigenvalue weighted by atomic mass is 19.3. The zero-order valence-electron chi connectivity index (χ0n) is 8.63. The van der Waals surface area contributed by atoms with Gasteiger partial charge in [0.05, 0.1) is 18.7 Å². The van der Waals surface area contributed by atoms with Crippen molar-refractivity contribution in [2.45, 2.75) is 31.4 Å². The first-order valence-electron chi connectivity index (χ1n) is 4.66. The molecule has 2 atom stereocenters. The second-order valence-corrected chi connectivity index (χ2v) is 3.68. The number of carbonyl (C=O) groups excluding carboxylic acids is 1. The number of carbonyl (C=O) groups is 1. The van der Waals surface area contributed by atoms with E-state index in [1.54, 1.807) is 20.0 Å². The van der Waals surface area contributed by atoms with Gasteiger partial charge in [-0.15, -0.1) is 0 Å². The fraction of sp³-hybridized carbons (Fsp3) is 0.778. The molecule has 6 heteroatoms. The molecule has 1 heterocycles. The number of alkyl halides is 2. The van der Waals surface area contributed by atoms with Crippen LogP contribution in [0.2, 0.25) is 0 Å². The molecule has 84 valence electrons. The highest BCUT2D eigenvalue weighted by molar-refractivity contribution is 5.82. The molecule has 4 nitrogen and oxygen atoms in total. The number of nitriles is 1. The van der Waals surface area contributed by atoms with Gasteiger partial charge < -0.3 is 10.2 Å². The molecular weight excluding hydrogens is 204 g/mol. The zero-order chi connectivity index (χ0) is 11.6. The Morgan fingerprint density at radius 3 is 2.80 bits per heavy atom. The third-order valence-corrected chi connectivity index (χ3v) is 2.51. The largest absolute Gasteiger partial charge is 0.319 e. The number of nitrogens with one attached hydrogen (secondary N) is 1. The minimum absolute atomic E-state index is 0.457. The summed E-state index contributed by atoms with van der Waals surface area (Å²) in [6, 6.07) is 0.169. The SMILES string of the molecule is CN[C@H](C)C(=O)N1CC(F)(F)C[C@H]1C#N. The first-order chi connectivity index (χ1) is 6.91. The quantitative estimate of drug-likeness (QED) is 0.726. The lowest BCUT2D eigenvalue weighted by molar-refractivity contribution is -0.134. The van der Waals surface area contributed by atoms with Crippen LogP contribution >= 0.6 is 0 Å². The molecule has 0 aromatic carbocycles. The molecule has 0 saturated carbocycles. The van der Waals surface area contributed by atoms with Crippen molar-refractivity contribution in [3.05, 3.63) is 0 Å². The van der Waals surface area contributed by atoms with Crippen LogP contribution in [0.15, 0.2) is 0 Å². The van der Waals surface area contributed by atoms with Crippen molar-refractivity contribution in [3.63, 3.8) is 0 Å². The van der Waals surface area contributed by atoms with Gasteiger partial charge >= 0.3 is 0 Å². The molecule has 1 aliphatic heterocycles. The van der Waals surface area contributed by atoms with Crippen LogP contribution in [-0.4, -0.2) is 42.4 Å². The van der Waals surface area contributed by atoms with Crippen molar-refractivity contribution >= 4 is 5.91 Å². The lowest BCUT2D eigenvalue weighted by Gasteiger charge is -2.22. The van der Waals surface area contributed by atoms with Gasteiger partial charge in [0.2, 0.25) is 5.91 Å². The van der Waals surface area contributed by atoms with Crippen molar-refractivity contribution in [3.8, 4) is 6.07 Å². The third kappa shape index (κ3) is 2.42. The van der Waals surface area contributed by atoms with Gasteiger partial charge in [-0.25, -0.2) is 8.78 Å². The van der Waals surface area contributed by atoms with Crippen LogP contribution in [0.3, 0.4) is 0 Å². The van der Waals surface area contributed by atoms with Gasteiger partial charge in [0.1, 0.15) is 6.04 Å². The average Bonchev–Trinajstić information content (AvgIpc) is 2.51. The first-order valence-corrected chi connectivity index (χ1v) is 4.66. The van der Waals surface area contributed by atoms with Crippen LogP contribution < -0.4 is 5.32 Å². The Bertz CT molecular complexity index is 300. The Kier molecular flexibility index (Phi) is 3.25. The number of likely N-dealkylation sites (N-methyl/N-ethyl adjacent to an activating group) is 1. The summed E-state index contributed by atoms with van der Waals surface area (Å²) in [5.41, 5.74) is 0. The minimum Gasteiger partial charge on any atom is -0.319 e. The molecular formula is C9H13F2N3O. The van der Waals surface area contributed by atoms with E-state index in [0.717, 1.165) is 4.90 Å². The molecule has 15 heavy (non-hydrogen) atoms. The van der Waals surface area contributed by atoms with E-state index in [4.69, 9.17) is 5.26 Å². The van der Waals surface area contributed by atoms with E-state index in [1.807, 2.05) is 0 Å². The summed E-state index contributed by atoms with van der Waals surface area (Å²) in [5.74, 6) is -3.40. The molecule has 1 fully saturated rings. The maximum absolute atomic E-state index is 13.0. The summed E-state index contributed by atoms with van der Waals surface area (Å²) >= 11 is 0. The number of nitrogens with zero attached hydrogens (tertiary/aromatic N) is 2. The zero-order valence-corrected chi connectivity index (χ0v) is 8.63. The molecule has 0 aromatic heterocycles. The van der Waals surface area contributed by atoms with E-state index >= 15 is 0 Å². The Hall–Kier alpha value is -1.22. The summed E-state index contributed by atoms with van der Waals surface area (Å²) < 4.78 is 26.0. The normalized spacial score (nSPS) is 26.1. The maximum atomic E-state index is 13.0. The summed E-state index contributed by atoms with van der Waals surface area (Å²) in [4.78, 5) is 12.6. The summed E-state index contributed by atoms with van der Waals surface area (Å²) in [6.45, 7) is 0.920. The number of likely N-dealkylation sites (tertiary alicyclic amines) is 1. The van der Waals surface area contributed by atoms with Crippen molar-refractivity contribution < 1.29 is 13.6 Å². The molecule has 0 bridgehead atoms. The van der Waals surface area contributed by atoms with Crippen LogP contribution in [0.25, 0.3) is 0 Å². The van der Waals surface area contributed by atoms with E-state index < -0.39 is 36.9 Å². The third-order valence-electron chi connectivity index (χ3n) is 2.51. The lowest BCUT2D eigenvalue weighted by atomic mass is 10.2. The number of hydrogen-bond acceptors (Lipinski definition) is 3. The van der Waals surface area contributed by atoms with E-state index in [9.17, 15) is 13.6 Å². The topological polar surface area (TPSA) is 56.1 Å². The van der Waals surface area contributed by atoms with Gasteiger partial charge in [-0.3, -0.25) is 4.79 Å². The Labute approximate surface area is 86.8 Å². The van der Waals surface area contributed by atoms with Crippen molar-refractivity contribution in [1.29, 1.82) is 5.26 Å². The number of halogens is 2. The molecule has 0 radical (unpaired) electrons. The van der Waals surface area contributed by atoms with Crippen LogP contribution in [-0.2, 0) is 4.79 Å².